The van der Waals surface area contributed by atoms with Gasteiger partial charge >= 0.3 is 0 Å². The molecule has 21 heavy (non-hydrogen) atoms. The first-order valence-electron chi connectivity index (χ1n) is 6.05. The summed E-state index contributed by atoms with van der Waals surface area (Å²) in [7, 11) is -4.03. The lowest BCUT2D eigenvalue weighted by molar-refractivity contribution is 0.570. The molecule has 0 bridgehead atoms. The second kappa shape index (κ2) is 5.65. The maximum atomic E-state index is 13.9. The van der Waals surface area contributed by atoms with E-state index in [2.05, 4.69) is 20.7 Å². The normalized spacial score (nSPS) is 11.4. The molecule has 0 heterocycles. The van der Waals surface area contributed by atoms with Crippen molar-refractivity contribution in [3.05, 3.63) is 51.7 Å². The van der Waals surface area contributed by atoms with Crippen molar-refractivity contribution >= 4 is 37.3 Å². The van der Waals surface area contributed by atoms with Gasteiger partial charge in [-0.15, -0.1) is 0 Å². The van der Waals surface area contributed by atoms with E-state index < -0.39 is 20.7 Å². The summed E-state index contributed by atoms with van der Waals surface area (Å²) >= 11 is 3.33. The largest absolute Gasteiger partial charge is 0.398 e. The fourth-order valence-corrected chi connectivity index (χ4v) is 3.18. The van der Waals surface area contributed by atoms with E-state index in [9.17, 15) is 12.8 Å². The van der Waals surface area contributed by atoms with Crippen LogP contribution in [-0.4, -0.2) is 8.42 Å². The molecule has 112 valence electrons. The van der Waals surface area contributed by atoms with Crippen LogP contribution in [0.2, 0.25) is 0 Å². The van der Waals surface area contributed by atoms with Crippen LogP contribution in [0.4, 0.5) is 15.8 Å². The van der Waals surface area contributed by atoms with E-state index in [-0.39, 0.29) is 5.69 Å². The average molecular weight is 373 g/mol. The Labute approximate surface area is 131 Å². The molecule has 0 saturated heterocycles. The van der Waals surface area contributed by atoms with Crippen molar-refractivity contribution in [2.45, 2.75) is 18.7 Å². The number of halogens is 2. The van der Waals surface area contributed by atoms with E-state index >= 15 is 0 Å². The van der Waals surface area contributed by atoms with E-state index in [0.717, 1.165) is 22.2 Å². The van der Waals surface area contributed by atoms with Crippen molar-refractivity contribution < 1.29 is 12.8 Å². The molecule has 0 aliphatic heterocycles. The van der Waals surface area contributed by atoms with Gasteiger partial charge in [0.1, 0.15) is 10.7 Å². The van der Waals surface area contributed by atoms with Gasteiger partial charge in [0, 0.05) is 15.8 Å². The van der Waals surface area contributed by atoms with Gasteiger partial charge in [0.05, 0.1) is 0 Å². The summed E-state index contributed by atoms with van der Waals surface area (Å²) in [5.74, 6) is -0.831. The van der Waals surface area contributed by atoms with Crippen LogP contribution in [0.5, 0.6) is 0 Å². The number of nitrogen functional groups attached to an aromatic ring is 1. The fourth-order valence-electron chi connectivity index (χ4n) is 1.79. The van der Waals surface area contributed by atoms with Crippen LogP contribution >= 0.6 is 15.9 Å². The van der Waals surface area contributed by atoms with Gasteiger partial charge in [-0.1, -0.05) is 15.9 Å². The molecule has 2 rings (SSSR count). The first kappa shape index (κ1) is 15.8. The van der Waals surface area contributed by atoms with Crippen LogP contribution in [0, 0.1) is 19.7 Å². The van der Waals surface area contributed by atoms with E-state index in [1.54, 1.807) is 25.1 Å². The summed E-state index contributed by atoms with van der Waals surface area (Å²) in [6, 6.07) is 7.18. The summed E-state index contributed by atoms with van der Waals surface area (Å²) in [5.41, 5.74) is 7.59. The van der Waals surface area contributed by atoms with E-state index in [1.807, 2.05) is 6.92 Å². The Bertz CT molecular complexity index is 807. The molecule has 0 amide bonds. The first-order chi connectivity index (χ1) is 9.70. The molecule has 3 N–H and O–H groups in total. The quantitative estimate of drug-likeness (QED) is 0.808. The molecule has 0 radical (unpaired) electrons. The third-order valence-electron chi connectivity index (χ3n) is 3.02. The third-order valence-corrected chi connectivity index (χ3v) is 5.31. The number of rotatable bonds is 3. The predicted octanol–water partition coefficient (Wildman–Crippen LogP) is 3.59. The lowest BCUT2D eigenvalue weighted by Crippen LogP contribution is -2.15. The topological polar surface area (TPSA) is 72.2 Å². The Kier molecular flexibility index (Phi) is 4.25. The average Bonchev–Trinajstić information content (AvgIpc) is 2.37. The van der Waals surface area contributed by atoms with Gasteiger partial charge < -0.3 is 5.73 Å². The Balaban J connectivity index is 2.43. The molecule has 0 saturated carbocycles. The Morgan fingerprint density at radius 2 is 1.81 bits per heavy atom. The molecule has 0 atom stereocenters. The minimum absolute atomic E-state index is 0.226. The molecule has 0 aliphatic rings. The van der Waals surface area contributed by atoms with Crippen molar-refractivity contribution in [2.24, 2.45) is 0 Å². The molecule has 4 nitrogen and oxygen atoms in total. The maximum absolute atomic E-state index is 13.9. The summed E-state index contributed by atoms with van der Waals surface area (Å²) in [4.78, 5) is -0.467. The number of sulfonamides is 1. The lowest BCUT2D eigenvalue weighted by Gasteiger charge is -2.11. The van der Waals surface area contributed by atoms with Gasteiger partial charge in [0.2, 0.25) is 0 Å². The molecule has 0 fully saturated rings. The monoisotopic (exact) mass is 372 g/mol. The van der Waals surface area contributed by atoms with Crippen molar-refractivity contribution in [3.63, 3.8) is 0 Å². The van der Waals surface area contributed by atoms with Crippen LogP contribution < -0.4 is 10.5 Å². The number of nitrogens with one attached hydrogen (secondary N) is 1. The first-order valence-corrected chi connectivity index (χ1v) is 8.33. The van der Waals surface area contributed by atoms with Crippen LogP contribution in [0.15, 0.2) is 39.7 Å². The van der Waals surface area contributed by atoms with Crippen LogP contribution in [0.1, 0.15) is 11.1 Å². The minimum atomic E-state index is -4.03. The molecule has 2 aromatic rings. The fraction of sp³-hybridized carbons (Fsp3) is 0.143. The number of benzene rings is 2. The molecule has 0 spiro atoms. The Hall–Kier alpha value is -1.60. The zero-order chi connectivity index (χ0) is 15.8. The van der Waals surface area contributed by atoms with Crippen molar-refractivity contribution in [2.75, 3.05) is 10.5 Å². The summed E-state index contributed by atoms with van der Waals surface area (Å²) in [6.45, 7) is 3.44. The molecule has 2 aromatic carbocycles. The van der Waals surface area contributed by atoms with Gasteiger partial charge in [0.15, 0.2) is 0 Å². The summed E-state index contributed by atoms with van der Waals surface area (Å²) in [5, 5.41) is 0. The van der Waals surface area contributed by atoms with E-state index in [4.69, 9.17) is 5.73 Å². The number of hydrogen-bond acceptors (Lipinski definition) is 3. The lowest BCUT2D eigenvalue weighted by atomic mass is 10.2. The van der Waals surface area contributed by atoms with Crippen LogP contribution in [-0.2, 0) is 10.0 Å². The standard InChI is InChI=1S/C14H14BrFN2O2S/c1-8-5-10(3-4-11(8)15)18-21(19,20)14-7-13(17)9(2)6-12(14)16/h3-7,18H,17H2,1-2H3. The van der Waals surface area contributed by atoms with E-state index in [1.165, 1.54) is 0 Å². The number of anilines is 2. The summed E-state index contributed by atoms with van der Waals surface area (Å²) < 4.78 is 41.6. The molecule has 0 aliphatic carbocycles. The Morgan fingerprint density at radius 1 is 1.14 bits per heavy atom. The van der Waals surface area contributed by atoms with Gasteiger partial charge in [-0.25, -0.2) is 12.8 Å². The van der Waals surface area contributed by atoms with Crippen LogP contribution in [0.25, 0.3) is 0 Å². The third kappa shape index (κ3) is 3.36. The number of nitrogens with two attached hydrogens (primary N) is 1. The molecule has 0 unspecified atom stereocenters. The highest BCUT2D eigenvalue weighted by atomic mass is 79.9. The van der Waals surface area contributed by atoms with Gasteiger partial charge in [-0.3, -0.25) is 4.72 Å². The smallest absolute Gasteiger partial charge is 0.264 e. The second-order valence-corrected chi connectivity index (χ2v) is 7.21. The number of hydrogen-bond donors (Lipinski definition) is 2. The Morgan fingerprint density at radius 3 is 2.43 bits per heavy atom. The highest BCUT2D eigenvalue weighted by Gasteiger charge is 2.20. The van der Waals surface area contributed by atoms with Gasteiger partial charge in [-0.2, -0.15) is 0 Å². The van der Waals surface area contributed by atoms with Crippen molar-refractivity contribution in [1.82, 2.24) is 0 Å². The molecular formula is C14H14BrFN2O2S. The maximum Gasteiger partial charge on any atom is 0.264 e. The van der Waals surface area contributed by atoms with Crippen molar-refractivity contribution in [1.29, 1.82) is 0 Å². The highest BCUT2D eigenvalue weighted by molar-refractivity contribution is 9.10. The SMILES string of the molecule is Cc1cc(F)c(S(=O)(=O)Nc2ccc(Br)c(C)c2)cc1N. The predicted molar refractivity (Wildman–Crippen MR) is 85.2 cm³/mol. The van der Waals surface area contributed by atoms with E-state index in [0.29, 0.717) is 11.3 Å². The second-order valence-electron chi connectivity index (χ2n) is 4.71. The highest BCUT2D eigenvalue weighted by Crippen LogP contribution is 2.25. The zero-order valence-electron chi connectivity index (χ0n) is 11.4. The molecule has 7 heteroatoms. The molecule has 0 aromatic heterocycles. The van der Waals surface area contributed by atoms with Gasteiger partial charge in [0.25, 0.3) is 10.0 Å². The minimum Gasteiger partial charge on any atom is -0.398 e. The van der Waals surface area contributed by atoms with Gasteiger partial charge in [-0.05, 0) is 55.3 Å². The number of aryl methyl sites for hydroxylation is 2. The zero-order valence-corrected chi connectivity index (χ0v) is 13.8. The van der Waals surface area contributed by atoms with Crippen molar-refractivity contribution in [3.8, 4) is 0 Å². The van der Waals surface area contributed by atoms with Crippen LogP contribution in [0.3, 0.4) is 0 Å². The summed E-state index contributed by atoms with van der Waals surface area (Å²) in [6.07, 6.45) is 0. The molecular weight excluding hydrogens is 359 g/mol.